The molecule has 0 unspecified atom stereocenters. The second kappa shape index (κ2) is 3.98. The van der Waals surface area contributed by atoms with E-state index in [-0.39, 0.29) is 17.9 Å². The Bertz CT molecular complexity index is 238. The molecule has 14 heavy (non-hydrogen) atoms. The summed E-state index contributed by atoms with van der Waals surface area (Å²) in [4.78, 5) is 21.9. The summed E-state index contributed by atoms with van der Waals surface area (Å²) in [6.45, 7) is 9.15. The average molecular weight is 201 g/mol. The first-order chi connectivity index (χ1) is 6.09. The van der Waals surface area contributed by atoms with Gasteiger partial charge in [0.2, 0.25) is 5.91 Å². The third kappa shape index (κ3) is 3.01. The molecule has 0 saturated heterocycles. The molecule has 4 nitrogen and oxygen atoms in total. The molecule has 4 heteroatoms. The van der Waals surface area contributed by atoms with E-state index < -0.39 is 11.4 Å². The fourth-order valence-electron chi connectivity index (χ4n) is 0.717. The molecule has 0 aromatic carbocycles. The van der Waals surface area contributed by atoms with Crippen LogP contribution in [0, 0.1) is 10.8 Å². The normalized spacial score (nSPS) is 12.4. The maximum atomic E-state index is 11.6. The van der Waals surface area contributed by atoms with Gasteiger partial charge in [0.1, 0.15) is 6.54 Å². The van der Waals surface area contributed by atoms with Crippen LogP contribution in [0.2, 0.25) is 0 Å². The van der Waals surface area contributed by atoms with Crippen molar-refractivity contribution in [2.75, 3.05) is 6.54 Å². The predicted octanol–water partition coefficient (Wildman–Crippen LogP) is 1.26. The number of carbonyl (C=O) groups is 2. The van der Waals surface area contributed by atoms with Gasteiger partial charge in [-0.05, 0) is 5.41 Å². The Balaban J connectivity index is 4.45. The SMILES string of the molecule is CC(C)(C)C(C)(C)C(=O)NCC(=O)O. The largest absolute Gasteiger partial charge is 0.480 e. The van der Waals surface area contributed by atoms with Crippen LogP contribution in [0.25, 0.3) is 0 Å². The first kappa shape index (κ1) is 12.9. The minimum Gasteiger partial charge on any atom is -0.480 e. The lowest BCUT2D eigenvalue weighted by Gasteiger charge is -2.36. The van der Waals surface area contributed by atoms with Crippen LogP contribution < -0.4 is 5.32 Å². The number of carboxylic acids is 1. The van der Waals surface area contributed by atoms with Crippen molar-refractivity contribution < 1.29 is 14.7 Å². The number of rotatable bonds is 3. The Labute approximate surface area is 84.7 Å². The van der Waals surface area contributed by atoms with Gasteiger partial charge in [0.25, 0.3) is 0 Å². The number of aliphatic carboxylic acids is 1. The fraction of sp³-hybridized carbons (Fsp3) is 0.800. The quantitative estimate of drug-likeness (QED) is 0.722. The van der Waals surface area contributed by atoms with Crippen molar-refractivity contribution in [1.29, 1.82) is 0 Å². The van der Waals surface area contributed by atoms with Crippen molar-refractivity contribution >= 4 is 11.9 Å². The second-order valence-corrected chi connectivity index (χ2v) is 4.95. The molecule has 0 heterocycles. The summed E-state index contributed by atoms with van der Waals surface area (Å²) in [6.07, 6.45) is 0. The van der Waals surface area contributed by atoms with Gasteiger partial charge in [-0.25, -0.2) is 0 Å². The number of hydrogen-bond acceptors (Lipinski definition) is 2. The smallest absolute Gasteiger partial charge is 0.322 e. The summed E-state index contributed by atoms with van der Waals surface area (Å²) in [5.74, 6) is -1.25. The van der Waals surface area contributed by atoms with Gasteiger partial charge >= 0.3 is 5.97 Å². The third-order valence-electron chi connectivity index (χ3n) is 2.84. The van der Waals surface area contributed by atoms with E-state index in [1.807, 2.05) is 34.6 Å². The van der Waals surface area contributed by atoms with E-state index >= 15 is 0 Å². The zero-order valence-corrected chi connectivity index (χ0v) is 9.47. The molecule has 0 radical (unpaired) electrons. The van der Waals surface area contributed by atoms with E-state index in [1.165, 1.54) is 0 Å². The van der Waals surface area contributed by atoms with E-state index in [4.69, 9.17) is 5.11 Å². The number of carbonyl (C=O) groups excluding carboxylic acids is 1. The van der Waals surface area contributed by atoms with Gasteiger partial charge in [-0.3, -0.25) is 9.59 Å². The molecular weight excluding hydrogens is 182 g/mol. The van der Waals surface area contributed by atoms with Crippen LogP contribution in [0.4, 0.5) is 0 Å². The molecule has 0 bridgehead atoms. The molecule has 0 atom stereocenters. The number of nitrogens with one attached hydrogen (secondary N) is 1. The molecule has 0 aliphatic carbocycles. The topological polar surface area (TPSA) is 66.4 Å². The van der Waals surface area contributed by atoms with Crippen LogP contribution in [0.3, 0.4) is 0 Å². The van der Waals surface area contributed by atoms with Crippen molar-refractivity contribution in [3.63, 3.8) is 0 Å². The van der Waals surface area contributed by atoms with Gasteiger partial charge in [-0.2, -0.15) is 0 Å². The van der Waals surface area contributed by atoms with Crippen molar-refractivity contribution in [2.24, 2.45) is 10.8 Å². The third-order valence-corrected chi connectivity index (χ3v) is 2.84. The monoisotopic (exact) mass is 201 g/mol. The molecular formula is C10H19NO3. The molecule has 0 fully saturated rings. The molecule has 2 N–H and O–H groups in total. The fourth-order valence-corrected chi connectivity index (χ4v) is 0.717. The second-order valence-electron chi connectivity index (χ2n) is 4.95. The van der Waals surface area contributed by atoms with Gasteiger partial charge in [0.05, 0.1) is 0 Å². The van der Waals surface area contributed by atoms with Crippen molar-refractivity contribution in [2.45, 2.75) is 34.6 Å². The number of carboxylic acid groups (broad SMARTS) is 1. The molecule has 0 spiro atoms. The number of amides is 1. The van der Waals surface area contributed by atoms with Crippen LogP contribution in [0.5, 0.6) is 0 Å². The maximum Gasteiger partial charge on any atom is 0.322 e. The Morgan fingerprint density at radius 3 is 1.86 bits per heavy atom. The van der Waals surface area contributed by atoms with E-state index in [2.05, 4.69) is 5.32 Å². The van der Waals surface area contributed by atoms with Crippen molar-refractivity contribution in [1.82, 2.24) is 5.32 Å². The Morgan fingerprint density at radius 2 is 1.57 bits per heavy atom. The summed E-state index contributed by atoms with van der Waals surface area (Å²) in [6, 6.07) is 0. The maximum absolute atomic E-state index is 11.6. The van der Waals surface area contributed by atoms with Gasteiger partial charge in [-0.1, -0.05) is 34.6 Å². The van der Waals surface area contributed by atoms with Gasteiger partial charge in [-0.15, -0.1) is 0 Å². The number of hydrogen-bond donors (Lipinski definition) is 2. The molecule has 0 aromatic rings. The summed E-state index contributed by atoms with van der Waals surface area (Å²) in [5.41, 5.74) is -0.780. The lowest BCUT2D eigenvalue weighted by Crippen LogP contribution is -2.46. The minimum atomic E-state index is -1.02. The Kier molecular flexibility index (Phi) is 3.68. The molecule has 0 aromatic heterocycles. The molecule has 0 aliphatic heterocycles. The summed E-state index contributed by atoms with van der Waals surface area (Å²) in [7, 11) is 0. The van der Waals surface area contributed by atoms with Gasteiger partial charge < -0.3 is 10.4 Å². The zero-order chi connectivity index (χ0) is 11.6. The first-order valence-corrected chi connectivity index (χ1v) is 4.59. The highest BCUT2D eigenvalue weighted by molar-refractivity contribution is 5.85. The molecule has 1 amide bonds. The average Bonchev–Trinajstić information content (AvgIpc) is 1.97. The molecule has 0 saturated carbocycles. The lowest BCUT2D eigenvalue weighted by atomic mass is 9.69. The van der Waals surface area contributed by atoms with E-state index in [0.717, 1.165) is 0 Å². The minimum absolute atomic E-state index is 0.199. The standard InChI is InChI=1S/C10H19NO3/c1-9(2,3)10(4,5)8(14)11-6-7(12)13/h6H2,1-5H3,(H,11,14)(H,12,13). The van der Waals surface area contributed by atoms with Crippen LogP contribution in [-0.4, -0.2) is 23.5 Å². The lowest BCUT2D eigenvalue weighted by molar-refractivity contribution is -0.141. The van der Waals surface area contributed by atoms with Crippen LogP contribution in [0.1, 0.15) is 34.6 Å². The van der Waals surface area contributed by atoms with Crippen molar-refractivity contribution in [3.05, 3.63) is 0 Å². The van der Waals surface area contributed by atoms with Crippen LogP contribution >= 0.6 is 0 Å². The predicted molar refractivity (Wildman–Crippen MR) is 53.9 cm³/mol. The van der Waals surface area contributed by atoms with E-state index in [9.17, 15) is 9.59 Å². The summed E-state index contributed by atoms with van der Waals surface area (Å²) in [5, 5.41) is 10.8. The summed E-state index contributed by atoms with van der Waals surface area (Å²) >= 11 is 0. The van der Waals surface area contributed by atoms with Crippen LogP contribution in [0.15, 0.2) is 0 Å². The molecule has 0 rings (SSSR count). The van der Waals surface area contributed by atoms with Crippen molar-refractivity contribution in [3.8, 4) is 0 Å². The highest BCUT2D eigenvalue weighted by Crippen LogP contribution is 2.37. The highest BCUT2D eigenvalue weighted by atomic mass is 16.4. The van der Waals surface area contributed by atoms with E-state index in [1.54, 1.807) is 0 Å². The Morgan fingerprint density at radius 1 is 1.14 bits per heavy atom. The molecule has 82 valence electrons. The highest BCUT2D eigenvalue weighted by Gasteiger charge is 2.39. The van der Waals surface area contributed by atoms with Gasteiger partial charge in [0.15, 0.2) is 0 Å². The molecule has 0 aliphatic rings. The van der Waals surface area contributed by atoms with Gasteiger partial charge in [0, 0.05) is 5.41 Å². The first-order valence-electron chi connectivity index (χ1n) is 4.59. The summed E-state index contributed by atoms with van der Waals surface area (Å²) < 4.78 is 0. The zero-order valence-electron chi connectivity index (χ0n) is 9.47. The van der Waals surface area contributed by atoms with Crippen LogP contribution in [-0.2, 0) is 9.59 Å². The Hall–Kier alpha value is -1.06. The van der Waals surface area contributed by atoms with E-state index in [0.29, 0.717) is 0 Å².